The van der Waals surface area contributed by atoms with Crippen molar-refractivity contribution >= 4 is 17.5 Å². The van der Waals surface area contributed by atoms with Gasteiger partial charge in [-0.15, -0.1) is 11.8 Å². The summed E-state index contributed by atoms with van der Waals surface area (Å²) in [5, 5.41) is 0.471. The molecular weight excluding hydrogens is 339 g/mol. The highest BCUT2D eigenvalue weighted by Gasteiger charge is 2.30. The smallest absolute Gasteiger partial charge is 0.417 e. The number of hydrogen-bond acceptors (Lipinski definition) is 4. The van der Waals surface area contributed by atoms with E-state index in [1.807, 2.05) is 6.92 Å². The predicted molar refractivity (Wildman–Crippen MR) is 86.4 cm³/mol. The summed E-state index contributed by atoms with van der Waals surface area (Å²) >= 11 is 1.28. The van der Waals surface area contributed by atoms with Crippen molar-refractivity contribution in [1.29, 1.82) is 0 Å². The van der Waals surface area contributed by atoms with Crippen molar-refractivity contribution in [2.24, 2.45) is 0 Å². The maximum atomic E-state index is 12.5. The van der Waals surface area contributed by atoms with Crippen LogP contribution in [-0.4, -0.2) is 17.4 Å². The molecule has 1 aromatic heterocycles. The van der Waals surface area contributed by atoms with E-state index in [2.05, 4.69) is 4.98 Å². The standard InChI is InChI=1S/C17H16F3NO2S/c1-3-23-15-6-4-12(11(2)22)8-13(15)10-24-16-7-5-14(9-21-16)17(18,19)20/h4-9H,3,10H2,1-2H3. The summed E-state index contributed by atoms with van der Waals surface area (Å²) in [4.78, 5) is 15.3. The SMILES string of the molecule is CCOc1ccc(C(C)=O)cc1CSc1ccc(C(F)(F)F)cn1. The minimum atomic E-state index is -4.39. The Morgan fingerprint density at radius 2 is 2.00 bits per heavy atom. The number of nitrogens with zero attached hydrogens (tertiary/aromatic N) is 1. The van der Waals surface area contributed by atoms with Crippen LogP contribution in [0.5, 0.6) is 5.75 Å². The number of carbonyl (C=O) groups excluding carboxylic acids is 1. The lowest BCUT2D eigenvalue weighted by Crippen LogP contribution is -2.05. The Bertz CT molecular complexity index is 715. The molecular formula is C17H16F3NO2S. The number of pyridine rings is 1. The number of ketones is 1. The van der Waals surface area contributed by atoms with Crippen molar-refractivity contribution in [3.8, 4) is 5.75 Å². The molecule has 128 valence electrons. The number of carbonyl (C=O) groups is 1. The van der Waals surface area contributed by atoms with Gasteiger partial charge in [-0.05, 0) is 44.2 Å². The summed E-state index contributed by atoms with van der Waals surface area (Å²) < 4.78 is 43.1. The van der Waals surface area contributed by atoms with Crippen LogP contribution in [0.1, 0.15) is 35.3 Å². The third kappa shape index (κ3) is 4.74. The normalized spacial score (nSPS) is 11.4. The van der Waals surface area contributed by atoms with E-state index in [1.54, 1.807) is 18.2 Å². The second kappa shape index (κ2) is 7.70. The van der Waals surface area contributed by atoms with Gasteiger partial charge >= 0.3 is 6.18 Å². The molecule has 0 atom stereocenters. The summed E-state index contributed by atoms with van der Waals surface area (Å²) in [6, 6.07) is 7.51. The van der Waals surface area contributed by atoms with E-state index in [9.17, 15) is 18.0 Å². The minimum absolute atomic E-state index is 0.0584. The van der Waals surface area contributed by atoms with Crippen molar-refractivity contribution < 1.29 is 22.7 Å². The fourth-order valence-corrected chi connectivity index (χ4v) is 2.81. The second-order valence-electron chi connectivity index (χ2n) is 4.98. The average Bonchev–Trinajstić information content (AvgIpc) is 2.53. The lowest BCUT2D eigenvalue weighted by atomic mass is 10.1. The minimum Gasteiger partial charge on any atom is -0.494 e. The maximum Gasteiger partial charge on any atom is 0.417 e. The predicted octanol–water partition coefficient (Wildman–Crippen LogP) is 4.99. The lowest BCUT2D eigenvalue weighted by Gasteiger charge is -2.11. The molecule has 0 saturated heterocycles. The van der Waals surface area contributed by atoms with Crippen LogP contribution in [0.4, 0.5) is 13.2 Å². The molecule has 2 rings (SSSR count). The van der Waals surface area contributed by atoms with Gasteiger partial charge in [-0.1, -0.05) is 0 Å². The Labute approximate surface area is 142 Å². The monoisotopic (exact) mass is 355 g/mol. The Kier molecular flexibility index (Phi) is 5.88. The number of benzene rings is 1. The number of rotatable bonds is 6. The first kappa shape index (κ1) is 18.3. The average molecular weight is 355 g/mol. The molecule has 0 saturated carbocycles. The van der Waals surface area contributed by atoms with Gasteiger partial charge in [0.1, 0.15) is 5.75 Å². The van der Waals surface area contributed by atoms with Crippen LogP contribution in [0, 0.1) is 0 Å². The van der Waals surface area contributed by atoms with E-state index in [0.29, 0.717) is 28.7 Å². The first-order chi connectivity index (χ1) is 11.3. The Morgan fingerprint density at radius 1 is 1.25 bits per heavy atom. The summed E-state index contributed by atoms with van der Waals surface area (Å²) in [6.07, 6.45) is -3.58. The zero-order valence-electron chi connectivity index (χ0n) is 13.2. The summed E-state index contributed by atoms with van der Waals surface area (Å²) in [7, 11) is 0. The van der Waals surface area contributed by atoms with Crippen molar-refractivity contribution in [3.63, 3.8) is 0 Å². The fourth-order valence-electron chi connectivity index (χ4n) is 1.99. The molecule has 0 unspecified atom stereocenters. The van der Waals surface area contributed by atoms with Crippen molar-refractivity contribution in [2.75, 3.05) is 6.61 Å². The molecule has 24 heavy (non-hydrogen) atoms. The van der Waals surface area contributed by atoms with Gasteiger partial charge < -0.3 is 4.74 Å². The van der Waals surface area contributed by atoms with Gasteiger partial charge in [0, 0.05) is 23.1 Å². The number of halogens is 3. The van der Waals surface area contributed by atoms with E-state index in [1.165, 1.54) is 24.8 Å². The highest BCUT2D eigenvalue weighted by Crippen LogP contribution is 2.31. The van der Waals surface area contributed by atoms with Gasteiger partial charge in [-0.2, -0.15) is 13.2 Å². The summed E-state index contributed by atoms with van der Waals surface area (Å²) in [5.74, 6) is 1.04. The number of Topliss-reactive ketones (excluding diaryl/α,β-unsaturated/α-hetero) is 1. The van der Waals surface area contributed by atoms with Crippen LogP contribution in [0.25, 0.3) is 0 Å². The van der Waals surface area contributed by atoms with Crippen LogP contribution in [0.15, 0.2) is 41.6 Å². The molecule has 3 nitrogen and oxygen atoms in total. The molecule has 0 aliphatic carbocycles. The number of thioether (sulfide) groups is 1. The Balaban J connectivity index is 2.15. The van der Waals surface area contributed by atoms with Crippen LogP contribution in [-0.2, 0) is 11.9 Å². The molecule has 0 aliphatic rings. The highest BCUT2D eigenvalue weighted by molar-refractivity contribution is 7.98. The molecule has 0 spiro atoms. The molecule has 0 radical (unpaired) electrons. The molecule has 1 aromatic carbocycles. The quantitative estimate of drug-likeness (QED) is 0.540. The highest BCUT2D eigenvalue weighted by atomic mass is 32.2. The van der Waals surface area contributed by atoms with Crippen LogP contribution in [0.2, 0.25) is 0 Å². The molecule has 0 fully saturated rings. The van der Waals surface area contributed by atoms with Crippen LogP contribution >= 0.6 is 11.8 Å². The molecule has 0 bridgehead atoms. The molecule has 0 amide bonds. The van der Waals surface area contributed by atoms with Crippen LogP contribution < -0.4 is 4.74 Å². The maximum absolute atomic E-state index is 12.5. The number of ether oxygens (including phenoxy) is 1. The van der Waals surface area contributed by atoms with Gasteiger partial charge in [-0.3, -0.25) is 4.79 Å². The van der Waals surface area contributed by atoms with Gasteiger partial charge in [-0.25, -0.2) is 4.98 Å². The second-order valence-corrected chi connectivity index (χ2v) is 5.98. The summed E-state index contributed by atoms with van der Waals surface area (Å²) in [6.45, 7) is 3.81. The van der Waals surface area contributed by atoms with E-state index < -0.39 is 11.7 Å². The number of hydrogen-bond donors (Lipinski definition) is 0. The third-order valence-electron chi connectivity index (χ3n) is 3.21. The Morgan fingerprint density at radius 3 is 2.54 bits per heavy atom. The first-order valence-corrected chi connectivity index (χ1v) is 8.22. The largest absolute Gasteiger partial charge is 0.494 e. The molecule has 0 aliphatic heterocycles. The van der Waals surface area contributed by atoms with E-state index in [-0.39, 0.29) is 5.78 Å². The first-order valence-electron chi connectivity index (χ1n) is 7.24. The fraction of sp³-hybridized carbons (Fsp3) is 0.294. The summed E-state index contributed by atoms with van der Waals surface area (Å²) in [5.41, 5.74) is 0.589. The number of aromatic nitrogens is 1. The Hall–Kier alpha value is -2.02. The third-order valence-corrected chi connectivity index (χ3v) is 4.20. The van der Waals surface area contributed by atoms with Crippen LogP contribution in [0.3, 0.4) is 0 Å². The van der Waals surface area contributed by atoms with E-state index in [4.69, 9.17) is 4.74 Å². The zero-order valence-corrected chi connectivity index (χ0v) is 14.0. The van der Waals surface area contributed by atoms with E-state index >= 15 is 0 Å². The van der Waals surface area contributed by atoms with Crippen molar-refractivity contribution in [2.45, 2.75) is 30.8 Å². The zero-order chi connectivity index (χ0) is 17.7. The number of alkyl halides is 3. The molecule has 7 heteroatoms. The van der Waals surface area contributed by atoms with E-state index in [0.717, 1.165) is 17.8 Å². The molecule has 2 aromatic rings. The topological polar surface area (TPSA) is 39.2 Å². The van der Waals surface area contributed by atoms with Crippen molar-refractivity contribution in [3.05, 3.63) is 53.2 Å². The van der Waals surface area contributed by atoms with Gasteiger partial charge in [0.25, 0.3) is 0 Å². The van der Waals surface area contributed by atoms with Gasteiger partial charge in [0.2, 0.25) is 0 Å². The molecule has 1 heterocycles. The molecule has 0 N–H and O–H groups in total. The lowest BCUT2D eigenvalue weighted by molar-refractivity contribution is -0.137. The van der Waals surface area contributed by atoms with Crippen molar-refractivity contribution in [1.82, 2.24) is 4.98 Å². The van der Waals surface area contributed by atoms with Gasteiger partial charge in [0.05, 0.1) is 17.2 Å². The van der Waals surface area contributed by atoms with Gasteiger partial charge in [0.15, 0.2) is 5.78 Å².